The number of hydrogen-bond acceptors (Lipinski definition) is 4. The van der Waals surface area contributed by atoms with Crippen LogP contribution in [0.4, 0.5) is 0 Å². The summed E-state index contributed by atoms with van der Waals surface area (Å²) in [6, 6.07) is 14.9. The second kappa shape index (κ2) is 4.49. The molecule has 17 heavy (non-hydrogen) atoms. The van der Waals surface area contributed by atoms with Crippen molar-refractivity contribution in [1.82, 2.24) is 0 Å². The first kappa shape index (κ1) is 10.9. The number of fused-ring (bicyclic) bond motifs is 1. The lowest BCUT2D eigenvalue weighted by Crippen LogP contribution is -1.81. The van der Waals surface area contributed by atoms with Gasteiger partial charge in [-0.05, 0) is 17.5 Å². The minimum Gasteiger partial charge on any atom is -0.192 e. The number of benzene rings is 1. The molecular weight excluding hydrogens is 230 g/mol. The maximum absolute atomic E-state index is 9.03. The van der Waals surface area contributed by atoms with Crippen molar-refractivity contribution < 1.29 is 0 Å². The molecule has 1 aromatic heterocycles. The number of rotatable bonds is 1. The number of nitrogens with zero attached hydrogens (tertiary/aromatic N) is 3. The van der Waals surface area contributed by atoms with Crippen LogP contribution in [0.5, 0.6) is 0 Å². The molecule has 2 aromatic rings. The van der Waals surface area contributed by atoms with Gasteiger partial charge in [0.15, 0.2) is 0 Å². The molecule has 0 bridgehead atoms. The van der Waals surface area contributed by atoms with Crippen molar-refractivity contribution in [2.24, 2.45) is 0 Å². The van der Waals surface area contributed by atoms with Gasteiger partial charge < -0.3 is 0 Å². The first-order valence-electron chi connectivity index (χ1n) is 4.73. The summed E-state index contributed by atoms with van der Waals surface area (Å²) in [7, 11) is 0. The largest absolute Gasteiger partial charge is 0.192 e. The van der Waals surface area contributed by atoms with E-state index in [4.69, 9.17) is 15.8 Å². The molecular formula is C13H5N3S. The summed E-state index contributed by atoms with van der Waals surface area (Å²) in [6.07, 6.45) is 0. The normalized spacial score (nSPS) is 9.00. The Morgan fingerprint density at radius 1 is 1.00 bits per heavy atom. The van der Waals surface area contributed by atoms with Crippen molar-refractivity contribution in [2.75, 3.05) is 0 Å². The SMILES string of the molecule is N#CC(C#N)=C(C#N)c1cc2ccccc2s1. The van der Waals surface area contributed by atoms with E-state index in [0.29, 0.717) is 4.88 Å². The Balaban J connectivity index is 2.70. The van der Waals surface area contributed by atoms with Crippen LogP contribution < -0.4 is 0 Å². The summed E-state index contributed by atoms with van der Waals surface area (Å²) >= 11 is 1.41. The molecule has 0 aliphatic carbocycles. The van der Waals surface area contributed by atoms with Crippen LogP contribution in [-0.2, 0) is 0 Å². The van der Waals surface area contributed by atoms with E-state index in [2.05, 4.69) is 0 Å². The Kier molecular flexibility index (Phi) is 2.88. The molecule has 0 unspecified atom stereocenters. The summed E-state index contributed by atoms with van der Waals surface area (Å²) in [6.45, 7) is 0. The molecule has 0 spiro atoms. The highest BCUT2D eigenvalue weighted by molar-refractivity contribution is 7.20. The average Bonchev–Trinajstić information content (AvgIpc) is 2.78. The van der Waals surface area contributed by atoms with E-state index in [1.54, 1.807) is 12.1 Å². The van der Waals surface area contributed by atoms with E-state index >= 15 is 0 Å². The van der Waals surface area contributed by atoms with Gasteiger partial charge in [-0.25, -0.2) is 0 Å². The van der Waals surface area contributed by atoms with E-state index in [1.165, 1.54) is 11.3 Å². The van der Waals surface area contributed by atoms with Crippen LogP contribution >= 0.6 is 11.3 Å². The minimum absolute atomic E-state index is 0.140. The molecule has 4 heteroatoms. The van der Waals surface area contributed by atoms with Crippen LogP contribution in [0.3, 0.4) is 0 Å². The van der Waals surface area contributed by atoms with E-state index < -0.39 is 0 Å². The molecule has 1 heterocycles. The average molecular weight is 235 g/mol. The third-order valence-corrected chi connectivity index (χ3v) is 3.39. The quantitative estimate of drug-likeness (QED) is 0.712. The Morgan fingerprint density at radius 2 is 1.71 bits per heavy atom. The predicted molar refractivity (Wildman–Crippen MR) is 65.6 cm³/mol. The van der Waals surface area contributed by atoms with E-state index in [9.17, 15) is 0 Å². The number of hydrogen-bond donors (Lipinski definition) is 0. The van der Waals surface area contributed by atoms with Gasteiger partial charge in [-0.15, -0.1) is 11.3 Å². The molecule has 0 fully saturated rings. The molecule has 3 nitrogen and oxygen atoms in total. The Bertz CT molecular complexity index is 683. The maximum atomic E-state index is 9.03. The van der Waals surface area contributed by atoms with Gasteiger partial charge in [-0.3, -0.25) is 0 Å². The third kappa shape index (κ3) is 1.88. The summed E-state index contributed by atoms with van der Waals surface area (Å²) in [5.41, 5.74) is 0.00950. The second-order valence-corrected chi connectivity index (χ2v) is 4.32. The Morgan fingerprint density at radius 3 is 2.29 bits per heavy atom. The van der Waals surface area contributed by atoms with Crippen LogP contribution in [0.25, 0.3) is 15.7 Å². The van der Waals surface area contributed by atoms with Crippen LogP contribution in [0.1, 0.15) is 4.88 Å². The number of nitriles is 3. The first-order valence-corrected chi connectivity index (χ1v) is 5.55. The van der Waals surface area contributed by atoms with Gasteiger partial charge in [-0.2, -0.15) is 15.8 Å². The van der Waals surface area contributed by atoms with Gasteiger partial charge in [0, 0.05) is 9.58 Å². The van der Waals surface area contributed by atoms with Crippen molar-refractivity contribution in [1.29, 1.82) is 15.8 Å². The minimum atomic E-state index is -0.140. The van der Waals surface area contributed by atoms with Gasteiger partial charge in [-0.1, -0.05) is 18.2 Å². The van der Waals surface area contributed by atoms with Crippen molar-refractivity contribution in [3.8, 4) is 18.2 Å². The lowest BCUT2D eigenvalue weighted by atomic mass is 10.1. The molecule has 1 aromatic carbocycles. The smallest absolute Gasteiger partial charge is 0.148 e. The first-order chi connectivity index (χ1) is 8.30. The molecule has 0 atom stereocenters. The van der Waals surface area contributed by atoms with Gasteiger partial charge in [0.25, 0.3) is 0 Å². The van der Waals surface area contributed by atoms with Crippen LogP contribution in [0, 0.1) is 34.0 Å². The highest BCUT2D eigenvalue weighted by Crippen LogP contribution is 2.31. The molecule has 2 rings (SSSR count). The molecule has 0 saturated carbocycles. The fourth-order valence-electron chi connectivity index (χ4n) is 1.48. The summed E-state index contributed by atoms with van der Waals surface area (Å²) in [4.78, 5) is 0.659. The van der Waals surface area contributed by atoms with Crippen molar-refractivity contribution >= 4 is 27.0 Å². The van der Waals surface area contributed by atoms with Crippen LogP contribution in [0.2, 0.25) is 0 Å². The van der Waals surface area contributed by atoms with Gasteiger partial charge in [0.05, 0.1) is 5.57 Å². The summed E-state index contributed by atoms with van der Waals surface area (Å²) in [5.74, 6) is 0. The zero-order valence-corrected chi connectivity index (χ0v) is 9.45. The van der Waals surface area contributed by atoms with Crippen molar-refractivity contribution in [2.45, 2.75) is 0 Å². The van der Waals surface area contributed by atoms with Crippen molar-refractivity contribution in [3.05, 3.63) is 40.8 Å². The topological polar surface area (TPSA) is 71.4 Å². The highest BCUT2D eigenvalue weighted by Gasteiger charge is 2.11. The molecule has 78 valence electrons. The number of thiophene rings is 1. The van der Waals surface area contributed by atoms with Gasteiger partial charge in [0.2, 0.25) is 0 Å². The monoisotopic (exact) mass is 235 g/mol. The zero-order valence-electron chi connectivity index (χ0n) is 8.64. The summed E-state index contributed by atoms with van der Waals surface area (Å²) in [5, 5.41) is 27.6. The van der Waals surface area contributed by atoms with Gasteiger partial charge >= 0.3 is 0 Å². The molecule has 0 amide bonds. The predicted octanol–water partition coefficient (Wildman–Crippen LogP) is 3.23. The van der Waals surface area contributed by atoms with Gasteiger partial charge in [0.1, 0.15) is 23.8 Å². The van der Waals surface area contributed by atoms with E-state index in [0.717, 1.165) is 10.1 Å². The van der Waals surface area contributed by atoms with Crippen LogP contribution in [-0.4, -0.2) is 0 Å². The van der Waals surface area contributed by atoms with Crippen molar-refractivity contribution in [3.63, 3.8) is 0 Å². The standard InChI is InChI=1S/C13H5N3S/c14-6-10(7-15)11(8-16)13-5-9-3-1-2-4-12(9)17-13/h1-5H. The highest BCUT2D eigenvalue weighted by atomic mass is 32.1. The molecule has 0 saturated heterocycles. The molecule has 0 aliphatic rings. The van der Waals surface area contributed by atoms with E-state index in [1.807, 2.05) is 36.4 Å². The second-order valence-electron chi connectivity index (χ2n) is 3.23. The lowest BCUT2D eigenvalue weighted by molar-refractivity contribution is 1.46. The molecule has 0 aliphatic heterocycles. The molecule has 0 N–H and O–H groups in total. The Labute approximate surface area is 102 Å². The van der Waals surface area contributed by atoms with E-state index in [-0.39, 0.29) is 11.1 Å². The fraction of sp³-hybridized carbons (Fsp3) is 0. The Hall–Kier alpha value is -2.61. The summed E-state index contributed by atoms with van der Waals surface area (Å²) < 4.78 is 1.03. The maximum Gasteiger partial charge on any atom is 0.148 e. The van der Waals surface area contributed by atoms with Crippen LogP contribution in [0.15, 0.2) is 35.9 Å². The number of allylic oxidation sites excluding steroid dienone is 2. The lowest BCUT2D eigenvalue weighted by Gasteiger charge is -1.90. The molecule has 0 radical (unpaired) electrons. The third-order valence-electron chi connectivity index (χ3n) is 2.26. The zero-order chi connectivity index (χ0) is 12.3. The fourth-order valence-corrected chi connectivity index (χ4v) is 2.54.